The Labute approximate surface area is 84.2 Å². The quantitative estimate of drug-likeness (QED) is 0.699. The molecule has 0 spiro atoms. The number of aliphatic hydroxyl groups excluding tert-OH is 1. The molecule has 2 rings (SSSR count). The minimum atomic E-state index is -0.288. The van der Waals surface area contributed by atoms with Gasteiger partial charge in [-0.25, -0.2) is 4.39 Å². The van der Waals surface area contributed by atoms with E-state index in [4.69, 9.17) is 5.11 Å². The van der Waals surface area contributed by atoms with Gasteiger partial charge in [-0.2, -0.15) is 0 Å². The van der Waals surface area contributed by atoms with Crippen molar-refractivity contribution in [3.05, 3.63) is 28.9 Å². The number of benzene rings is 1. The summed E-state index contributed by atoms with van der Waals surface area (Å²) < 4.78 is 13.7. The highest BCUT2D eigenvalue weighted by molar-refractivity contribution is 7.80. The maximum absolute atomic E-state index is 12.9. The van der Waals surface area contributed by atoms with Crippen LogP contribution in [0.2, 0.25) is 0 Å². The molecule has 13 heavy (non-hydrogen) atoms. The highest BCUT2D eigenvalue weighted by atomic mass is 32.1. The summed E-state index contributed by atoms with van der Waals surface area (Å²) in [6, 6.07) is 4.67. The van der Waals surface area contributed by atoms with Crippen LogP contribution in [0.5, 0.6) is 0 Å². The molecular weight excluding hydrogens is 207 g/mol. The van der Waals surface area contributed by atoms with Crippen LogP contribution in [0.15, 0.2) is 23.1 Å². The average Bonchev–Trinajstić information content (AvgIpc) is 2.47. The lowest BCUT2D eigenvalue weighted by Gasteiger charge is -1.93. The van der Waals surface area contributed by atoms with Gasteiger partial charge in [0.1, 0.15) is 5.82 Å². The fraction of sp³-hybridized carbons (Fsp3) is 0.111. The van der Waals surface area contributed by atoms with Gasteiger partial charge in [0.25, 0.3) is 0 Å². The van der Waals surface area contributed by atoms with E-state index in [0.29, 0.717) is 4.90 Å². The third kappa shape index (κ3) is 1.57. The number of thiophene rings is 1. The first-order chi connectivity index (χ1) is 6.20. The summed E-state index contributed by atoms with van der Waals surface area (Å²) in [4.78, 5) is 1.45. The highest BCUT2D eigenvalue weighted by Crippen LogP contribution is 2.31. The molecule has 0 aliphatic rings. The first-order valence-electron chi connectivity index (χ1n) is 3.72. The number of aliphatic hydroxyl groups is 1. The highest BCUT2D eigenvalue weighted by Gasteiger charge is 2.05. The first kappa shape index (κ1) is 8.99. The molecule has 0 saturated heterocycles. The second-order valence-corrected chi connectivity index (χ2v) is 4.36. The van der Waals surface area contributed by atoms with Crippen LogP contribution in [0.1, 0.15) is 4.88 Å². The van der Waals surface area contributed by atoms with Gasteiger partial charge in [-0.15, -0.1) is 24.0 Å². The third-order valence-corrected chi connectivity index (χ3v) is 3.22. The van der Waals surface area contributed by atoms with Crippen LogP contribution in [-0.4, -0.2) is 5.11 Å². The van der Waals surface area contributed by atoms with E-state index < -0.39 is 0 Å². The molecule has 0 aliphatic heterocycles. The van der Waals surface area contributed by atoms with Gasteiger partial charge in [0.05, 0.1) is 6.61 Å². The summed E-state index contributed by atoms with van der Waals surface area (Å²) in [6.07, 6.45) is 0. The van der Waals surface area contributed by atoms with Crippen LogP contribution in [-0.2, 0) is 6.61 Å². The fourth-order valence-corrected chi connectivity index (χ4v) is 2.58. The number of thiol groups is 1. The Morgan fingerprint density at radius 3 is 2.85 bits per heavy atom. The van der Waals surface area contributed by atoms with Gasteiger partial charge in [-0.05, 0) is 18.2 Å². The van der Waals surface area contributed by atoms with Gasteiger partial charge in [-0.1, -0.05) is 0 Å². The maximum atomic E-state index is 12.9. The van der Waals surface area contributed by atoms with Gasteiger partial charge in [0, 0.05) is 19.9 Å². The summed E-state index contributed by atoms with van der Waals surface area (Å²) in [6.45, 7) is -0.00577. The Morgan fingerprint density at radius 1 is 1.38 bits per heavy atom. The van der Waals surface area contributed by atoms with Crippen LogP contribution < -0.4 is 0 Å². The summed E-state index contributed by atoms with van der Waals surface area (Å²) in [7, 11) is 0. The molecule has 1 nitrogen and oxygen atoms in total. The lowest BCUT2D eigenvalue weighted by Crippen LogP contribution is -1.73. The van der Waals surface area contributed by atoms with Crippen LogP contribution in [0, 0.1) is 5.82 Å². The minimum Gasteiger partial charge on any atom is -0.391 e. The van der Waals surface area contributed by atoms with E-state index in [1.165, 1.54) is 23.5 Å². The molecule has 0 fully saturated rings. The Balaban J connectivity index is 2.75. The Morgan fingerprint density at radius 2 is 2.15 bits per heavy atom. The zero-order valence-corrected chi connectivity index (χ0v) is 8.33. The van der Waals surface area contributed by atoms with Crippen molar-refractivity contribution in [3.63, 3.8) is 0 Å². The summed E-state index contributed by atoms with van der Waals surface area (Å²) >= 11 is 5.54. The lowest BCUT2D eigenvalue weighted by atomic mass is 10.2. The zero-order chi connectivity index (χ0) is 9.42. The van der Waals surface area contributed by atoms with E-state index in [9.17, 15) is 4.39 Å². The summed E-state index contributed by atoms with van der Waals surface area (Å²) in [5.41, 5.74) is 0. The molecule has 1 aromatic carbocycles. The Kier molecular flexibility index (Phi) is 2.27. The molecule has 4 heteroatoms. The van der Waals surface area contributed by atoms with Crippen LogP contribution >= 0.6 is 24.0 Å². The molecule has 0 atom stereocenters. The van der Waals surface area contributed by atoms with E-state index in [-0.39, 0.29) is 12.4 Å². The molecule has 68 valence electrons. The van der Waals surface area contributed by atoms with E-state index in [1.807, 2.05) is 6.07 Å². The van der Waals surface area contributed by atoms with Gasteiger partial charge in [-0.3, -0.25) is 0 Å². The molecule has 1 aromatic heterocycles. The maximum Gasteiger partial charge on any atom is 0.125 e. The van der Waals surface area contributed by atoms with Crippen LogP contribution in [0.25, 0.3) is 10.1 Å². The Bertz CT molecular complexity index is 450. The molecule has 0 saturated carbocycles. The van der Waals surface area contributed by atoms with Crippen molar-refractivity contribution in [2.45, 2.75) is 11.5 Å². The van der Waals surface area contributed by atoms with E-state index in [2.05, 4.69) is 12.6 Å². The topological polar surface area (TPSA) is 20.2 Å². The molecule has 1 heterocycles. The normalized spacial score (nSPS) is 11.0. The average molecular weight is 214 g/mol. The molecule has 0 aliphatic carbocycles. The fourth-order valence-electron chi connectivity index (χ4n) is 1.22. The van der Waals surface area contributed by atoms with Crippen molar-refractivity contribution in [1.29, 1.82) is 0 Å². The molecular formula is C9H7FOS2. The molecule has 2 aromatic rings. The predicted octanol–water partition coefficient (Wildman–Crippen LogP) is 2.82. The first-order valence-corrected chi connectivity index (χ1v) is 4.99. The zero-order valence-electron chi connectivity index (χ0n) is 6.62. The number of halogens is 1. The third-order valence-electron chi connectivity index (χ3n) is 1.79. The van der Waals surface area contributed by atoms with E-state index in [0.717, 1.165) is 15.0 Å². The lowest BCUT2D eigenvalue weighted by molar-refractivity contribution is 0.285. The molecule has 1 N–H and O–H groups in total. The number of hydrogen-bond acceptors (Lipinski definition) is 3. The van der Waals surface area contributed by atoms with Crippen molar-refractivity contribution in [1.82, 2.24) is 0 Å². The molecule has 0 radical (unpaired) electrons. The van der Waals surface area contributed by atoms with Crippen molar-refractivity contribution < 1.29 is 9.50 Å². The van der Waals surface area contributed by atoms with Crippen molar-refractivity contribution in [2.75, 3.05) is 0 Å². The number of hydrogen-bond donors (Lipinski definition) is 2. The number of fused-ring (bicyclic) bond motifs is 1. The van der Waals surface area contributed by atoms with Crippen molar-refractivity contribution in [2.24, 2.45) is 0 Å². The Hall–Kier alpha value is -0.580. The van der Waals surface area contributed by atoms with E-state index >= 15 is 0 Å². The standard InChI is InChI=1S/C9H7FOS2/c10-5-1-8(12)7-3-6(4-11)13-9(7)2-5/h1-3,11-12H,4H2. The van der Waals surface area contributed by atoms with Gasteiger partial charge in [0.15, 0.2) is 0 Å². The SMILES string of the molecule is OCc1cc2c(S)cc(F)cc2s1. The second-order valence-electron chi connectivity index (χ2n) is 2.71. The van der Waals surface area contributed by atoms with Crippen molar-refractivity contribution >= 4 is 34.1 Å². The summed E-state index contributed by atoms with van der Waals surface area (Å²) in [5.74, 6) is -0.288. The molecule has 0 amide bonds. The van der Waals surface area contributed by atoms with E-state index in [1.54, 1.807) is 0 Å². The number of rotatable bonds is 1. The van der Waals surface area contributed by atoms with Crippen LogP contribution in [0.3, 0.4) is 0 Å². The largest absolute Gasteiger partial charge is 0.391 e. The summed E-state index contributed by atoms with van der Waals surface area (Å²) in [5, 5.41) is 9.79. The van der Waals surface area contributed by atoms with Gasteiger partial charge in [0.2, 0.25) is 0 Å². The predicted molar refractivity (Wildman–Crippen MR) is 55.0 cm³/mol. The van der Waals surface area contributed by atoms with Crippen LogP contribution in [0.4, 0.5) is 4.39 Å². The van der Waals surface area contributed by atoms with Gasteiger partial charge >= 0.3 is 0 Å². The monoisotopic (exact) mass is 214 g/mol. The van der Waals surface area contributed by atoms with Gasteiger partial charge < -0.3 is 5.11 Å². The smallest absolute Gasteiger partial charge is 0.125 e. The molecule has 0 bridgehead atoms. The minimum absolute atomic E-state index is 0.00577. The van der Waals surface area contributed by atoms with Crippen molar-refractivity contribution in [3.8, 4) is 0 Å². The second kappa shape index (κ2) is 3.29. The molecule has 0 unspecified atom stereocenters.